The van der Waals surface area contributed by atoms with Gasteiger partial charge in [-0.15, -0.1) is 0 Å². The first kappa shape index (κ1) is 12.3. The fraction of sp³-hybridized carbons (Fsp3) is 0.875. The molecule has 2 N–H and O–H groups in total. The number of rotatable bonds is 6. The van der Waals surface area contributed by atoms with E-state index < -0.39 is 12.8 Å². The van der Waals surface area contributed by atoms with Gasteiger partial charge in [0.2, 0.25) is 5.91 Å². The first-order chi connectivity index (χ1) is 6.97. The van der Waals surface area contributed by atoms with E-state index in [4.69, 9.17) is 0 Å². The number of carbonyl (C=O) groups is 1. The third-order valence-electron chi connectivity index (χ3n) is 1.86. The second-order valence-corrected chi connectivity index (χ2v) is 3.47. The third kappa shape index (κ3) is 7.15. The van der Waals surface area contributed by atoms with Gasteiger partial charge in [-0.2, -0.15) is 18.7 Å². The first-order valence-corrected chi connectivity index (χ1v) is 4.65. The molecule has 1 fully saturated rings. The van der Waals surface area contributed by atoms with Crippen LogP contribution < -0.4 is 10.8 Å². The summed E-state index contributed by atoms with van der Waals surface area (Å²) in [5, 5.41) is 2.58. The summed E-state index contributed by atoms with van der Waals surface area (Å²) >= 11 is 0. The number of halogens is 3. The molecule has 0 unspecified atom stereocenters. The van der Waals surface area contributed by atoms with Crippen molar-refractivity contribution in [1.29, 1.82) is 0 Å². The molecule has 0 aliphatic heterocycles. The van der Waals surface area contributed by atoms with Crippen LogP contribution in [0.5, 0.6) is 0 Å². The monoisotopic (exact) mass is 226 g/mol. The van der Waals surface area contributed by atoms with E-state index >= 15 is 0 Å². The van der Waals surface area contributed by atoms with Crippen LogP contribution >= 0.6 is 0 Å². The van der Waals surface area contributed by atoms with Crippen molar-refractivity contribution >= 4 is 5.91 Å². The lowest BCUT2D eigenvalue weighted by atomic mass is 10.4. The zero-order chi connectivity index (χ0) is 11.3. The molecular formula is C8H13F3N2O2. The van der Waals surface area contributed by atoms with Crippen molar-refractivity contribution in [3.63, 3.8) is 0 Å². The second-order valence-electron chi connectivity index (χ2n) is 3.47. The average molecular weight is 226 g/mol. The molecule has 1 amide bonds. The Bertz CT molecular complexity index is 216. The second kappa shape index (κ2) is 5.32. The molecule has 0 radical (unpaired) electrons. The van der Waals surface area contributed by atoms with Crippen molar-refractivity contribution in [2.45, 2.75) is 19.0 Å². The minimum Gasteiger partial charge on any atom is -0.355 e. The van der Waals surface area contributed by atoms with Crippen molar-refractivity contribution in [3.05, 3.63) is 0 Å². The van der Waals surface area contributed by atoms with E-state index in [9.17, 15) is 18.0 Å². The number of hydroxylamine groups is 1. The number of hydrogen-bond acceptors (Lipinski definition) is 3. The Morgan fingerprint density at radius 1 is 1.40 bits per heavy atom. The van der Waals surface area contributed by atoms with Gasteiger partial charge >= 0.3 is 6.18 Å². The lowest BCUT2D eigenvalue weighted by Gasteiger charge is -2.08. The highest BCUT2D eigenvalue weighted by Gasteiger charge is 2.27. The Morgan fingerprint density at radius 3 is 2.60 bits per heavy atom. The van der Waals surface area contributed by atoms with Gasteiger partial charge in [0.25, 0.3) is 0 Å². The molecule has 0 aromatic carbocycles. The number of hydrogen-bond donors (Lipinski definition) is 2. The van der Waals surface area contributed by atoms with E-state index in [2.05, 4.69) is 10.2 Å². The van der Waals surface area contributed by atoms with Crippen LogP contribution in [0.3, 0.4) is 0 Å². The molecule has 0 aromatic rings. The summed E-state index contributed by atoms with van der Waals surface area (Å²) in [7, 11) is 0. The Labute approximate surface area is 85.1 Å². The lowest BCUT2D eigenvalue weighted by molar-refractivity contribution is -0.189. The van der Waals surface area contributed by atoms with Gasteiger partial charge in [0.1, 0.15) is 0 Å². The van der Waals surface area contributed by atoms with Gasteiger partial charge in [0.15, 0.2) is 6.61 Å². The summed E-state index contributed by atoms with van der Waals surface area (Å²) in [5.41, 5.74) is 1.95. The molecule has 4 nitrogen and oxygen atoms in total. The van der Waals surface area contributed by atoms with Crippen LogP contribution in [0, 0.1) is 5.92 Å². The van der Waals surface area contributed by atoms with E-state index in [0.29, 0.717) is 12.5 Å². The van der Waals surface area contributed by atoms with Gasteiger partial charge < -0.3 is 5.32 Å². The van der Waals surface area contributed by atoms with E-state index in [1.165, 1.54) is 0 Å². The molecule has 0 bridgehead atoms. The largest absolute Gasteiger partial charge is 0.413 e. The normalized spacial score (nSPS) is 16.5. The molecule has 15 heavy (non-hydrogen) atoms. The predicted molar refractivity (Wildman–Crippen MR) is 45.7 cm³/mol. The predicted octanol–water partition coefficient (Wildman–Crippen LogP) is 0.596. The average Bonchev–Trinajstić information content (AvgIpc) is 2.91. The molecule has 88 valence electrons. The Morgan fingerprint density at radius 2 is 2.07 bits per heavy atom. The van der Waals surface area contributed by atoms with Crippen molar-refractivity contribution in [1.82, 2.24) is 10.8 Å². The molecule has 1 aliphatic carbocycles. The quantitative estimate of drug-likeness (QED) is 0.515. The van der Waals surface area contributed by atoms with E-state index in [1.807, 2.05) is 5.48 Å². The molecule has 0 saturated heterocycles. The van der Waals surface area contributed by atoms with Gasteiger partial charge in [-0.3, -0.25) is 9.63 Å². The van der Waals surface area contributed by atoms with Crippen LogP contribution in [0.4, 0.5) is 13.2 Å². The third-order valence-corrected chi connectivity index (χ3v) is 1.86. The SMILES string of the molecule is O=C(CNOCC(F)(F)F)NCC1CC1. The van der Waals surface area contributed by atoms with Crippen LogP contribution in [-0.2, 0) is 9.63 Å². The highest BCUT2D eigenvalue weighted by molar-refractivity contribution is 5.77. The maximum absolute atomic E-state index is 11.6. The molecule has 1 aliphatic rings. The van der Waals surface area contributed by atoms with Crippen LogP contribution in [0.25, 0.3) is 0 Å². The van der Waals surface area contributed by atoms with E-state index in [0.717, 1.165) is 12.8 Å². The number of nitrogens with one attached hydrogen (secondary N) is 2. The Hall–Kier alpha value is -0.820. The Kier molecular flexibility index (Phi) is 4.34. The topological polar surface area (TPSA) is 50.4 Å². The molecule has 7 heteroatoms. The summed E-state index contributed by atoms with van der Waals surface area (Å²) in [6.07, 6.45) is -2.16. The number of amides is 1. The van der Waals surface area contributed by atoms with Crippen LogP contribution in [0.2, 0.25) is 0 Å². The first-order valence-electron chi connectivity index (χ1n) is 4.65. The zero-order valence-corrected chi connectivity index (χ0v) is 8.06. The molecular weight excluding hydrogens is 213 g/mol. The van der Waals surface area contributed by atoms with Gasteiger partial charge in [-0.1, -0.05) is 0 Å². The fourth-order valence-electron chi connectivity index (χ4n) is 0.892. The van der Waals surface area contributed by atoms with Gasteiger partial charge in [-0.05, 0) is 18.8 Å². The molecule has 0 heterocycles. The molecule has 1 rings (SSSR count). The van der Waals surface area contributed by atoms with Crippen molar-refractivity contribution < 1.29 is 22.8 Å². The van der Waals surface area contributed by atoms with Crippen molar-refractivity contribution in [2.24, 2.45) is 5.92 Å². The fourth-order valence-corrected chi connectivity index (χ4v) is 0.892. The minimum absolute atomic E-state index is 0.261. The smallest absolute Gasteiger partial charge is 0.355 e. The van der Waals surface area contributed by atoms with Crippen molar-refractivity contribution in [3.8, 4) is 0 Å². The van der Waals surface area contributed by atoms with Crippen LogP contribution in [0.15, 0.2) is 0 Å². The van der Waals surface area contributed by atoms with E-state index in [1.54, 1.807) is 0 Å². The van der Waals surface area contributed by atoms with Crippen molar-refractivity contribution in [2.75, 3.05) is 19.7 Å². The summed E-state index contributed by atoms with van der Waals surface area (Å²) in [4.78, 5) is 15.0. The van der Waals surface area contributed by atoms with Crippen LogP contribution in [-0.4, -0.2) is 31.8 Å². The van der Waals surface area contributed by atoms with E-state index in [-0.39, 0.29) is 12.5 Å². The Balaban J connectivity index is 1.91. The van der Waals surface area contributed by atoms with Gasteiger partial charge in [-0.25, -0.2) is 0 Å². The highest BCUT2D eigenvalue weighted by atomic mass is 19.4. The molecule has 0 aromatic heterocycles. The maximum Gasteiger partial charge on any atom is 0.413 e. The number of carbonyl (C=O) groups excluding carboxylic acids is 1. The molecule has 0 spiro atoms. The standard InChI is InChI=1S/C8H13F3N2O2/c9-8(10,11)5-15-13-4-7(14)12-3-6-1-2-6/h6,13H,1-5H2,(H,12,14). The minimum atomic E-state index is -4.38. The van der Waals surface area contributed by atoms with Gasteiger partial charge in [0.05, 0.1) is 6.54 Å². The molecule has 0 atom stereocenters. The summed E-state index contributed by atoms with van der Waals surface area (Å²) in [6.45, 7) is -1.06. The summed E-state index contributed by atoms with van der Waals surface area (Å²) in [5.74, 6) is 0.189. The summed E-state index contributed by atoms with van der Waals surface area (Å²) < 4.78 is 34.7. The number of alkyl halides is 3. The zero-order valence-electron chi connectivity index (χ0n) is 8.06. The van der Waals surface area contributed by atoms with Crippen LogP contribution in [0.1, 0.15) is 12.8 Å². The summed E-state index contributed by atoms with van der Waals surface area (Å²) in [6, 6.07) is 0. The lowest BCUT2D eigenvalue weighted by Crippen LogP contribution is -2.36. The highest BCUT2D eigenvalue weighted by Crippen LogP contribution is 2.27. The van der Waals surface area contributed by atoms with Gasteiger partial charge in [0, 0.05) is 6.54 Å². The maximum atomic E-state index is 11.6. The molecule has 1 saturated carbocycles.